The predicted molar refractivity (Wildman–Crippen MR) is 70.8 cm³/mol. The van der Waals surface area contributed by atoms with E-state index in [0.717, 1.165) is 18.5 Å². The molecule has 0 spiro atoms. The van der Waals surface area contributed by atoms with Crippen molar-refractivity contribution < 1.29 is 8.78 Å². The van der Waals surface area contributed by atoms with Gasteiger partial charge in [0.05, 0.1) is 0 Å². The Bertz CT molecular complexity index is 553. The molecule has 0 saturated heterocycles. The van der Waals surface area contributed by atoms with Gasteiger partial charge < -0.3 is 5.73 Å². The third kappa shape index (κ3) is 3.24. The van der Waals surface area contributed by atoms with Crippen LogP contribution in [0.5, 0.6) is 0 Å². The van der Waals surface area contributed by atoms with Crippen molar-refractivity contribution in [2.45, 2.75) is 26.2 Å². The van der Waals surface area contributed by atoms with Crippen molar-refractivity contribution in [2.75, 3.05) is 5.73 Å². The van der Waals surface area contributed by atoms with Gasteiger partial charge in [0.25, 0.3) is 6.43 Å². The van der Waals surface area contributed by atoms with Crippen LogP contribution >= 0.6 is 0 Å². The molecular weight excluding hydrogens is 248 g/mol. The van der Waals surface area contributed by atoms with E-state index in [-0.39, 0.29) is 5.56 Å². The summed E-state index contributed by atoms with van der Waals surface area (Å²) in [4.78, 5) is 8.53. The molecule has 0 atom stereocenters. The van der Waals surface area contributed by atoms with E-state index < -0.39 is 6.43 Å². The molecular formula is C14H15F2N3. The highest BCUT2D eigenvalue weighted by Gasteiger charge is 2.09. The molecule has 3 nitrogen and oxygen atoms in total. The van der Waals surface area contributed by atoms with Crippen LogP contribution in [0.4, 0.5) is 14.6 Å². The lowest BCUT2D eigenvalue weighted by atomic mass is 10.1. The number of nitrogen functional groups attached to an aromatic ring is 1. The summed E-state index contributed by atoms with van der Waals surface area (Å²) in [5.41, 5.74) is 7.27. The normalized spacial score (nSPS) is 10.9. The summed E-state index contributed by atoms with van der Waals surface area (Å²) >= 11 is 0. The number of hydrogen-bond acceptors (Lipinski definition) is 3. The minimum absolute atomic E-state index is 0.0126. The molecule has 0 fully saturated rings. The van der Waals surface area contributed by atoms with E-state index in [2.05, 4.69) is 16.9 Å². The van der Waals surface area contributed by atoms with Gasteiger partial charge in [-0.25, -0.2) is 18.7 Å². The van der Waals surface area contributed by atoms with Gasteiger partial charge in [-0.05, 0) is 6.42 Å². The topological polar surface area (TPSA) is 51.8 Å². The smallest absolute Gasteiger partial charge is 0.263 e. The van der Waals surface area contributed by atoms with Crippen molar-refractivity contribution in [3.05, 3.63) is 41.6 Å². The second-order valence-electron chi connectivity index (χ2n) is 4.28. The molecule has 0 aliphatic rings. The van der Waals surface area contributed by atoms with E-state index in [1.807, 2.05) is 0 Å². The summed E-state index contributed by atoms with van der Waals surface area (Å²) in [6.07, 6.45) is -0.693. The number of hydrogen-bond donors (Lipinski definition) is 1. The zero-order valence-corrected chi connectivity index (χ0v) is 10.6. The fourth-order valence-corrected chi connectivity index (χ4v) is 1.81. The lowest BCUT2D eigenvalue weighted by Gasteiger charge is -2.06. The van der Waals surface area contributed by atoms with Crippen LogP contribution in [-0.4, -0.2) is 9.97 Å². The van der Waals surface area contributed by atoms with E-state index >= 15 is 0 Å². The van der Waals surface area contributed by atoms with Crippen LogP contribution < -0.4 is 5.73 Å². The van der Waals surface area contributed by atoms with Crippen molar-refractivity contribution in [1.29, 1.82) is 0 Å². The van der Waals surface area contributed by atoms with E-state index in [1.54, 1.807) is 18.2 Å². The van der Waals surface area contributed by atoms with E-state index in [4.69, 9.17) is 5.73 Å². The summed E-state index contributed by atoms with van der Waals surface area (Å²) in [7, 11) is 0. The molecule has 0 aliphatic heterocycles. The molecule has 0 bridgehead atoms. The lowest BCUT2D eigenvalue weighted by molar-refractivity contribution is 0.151. The Labute approximate surface area is 110 Å². The van der Waals surface area contributed by atoms with Gasteiger partial charge in [0.2, 0.25) is 0 Å². The molecule has 1 aromatic heterocycles. The van der Waals surface area contributed by atoms with Crippen LogP contribution in [0, 0.1) is 0 Å². The molecule has 2 N–H and O–H groups in total. The number of benzene rings is 1. The summed E-state index contributed by atoms with van der Waals surface area (Å²) < 4.78 is 25.0. The van der Waals surface area contributed by atoms with Gasteiger partial charge in [0, 0.05) is 22.9 Å². The van der Waals surface area contributed by atoms with Crippen molar-refractivity contribution in [2.24, 2.45) is 0 Å². The monoisotopic (exact) mass is 263 g/mol. The maximum Gasteiger partial charge on any atom is 0.263 e. The highest BCUT2D eigenvalue weighted by Crippen LogP contribution is 2.23. The molecule has 0 amide bonds. The summed E-state index contributed by atoms with van der Waals surface area (Å²) in [5, 5.41) is 0. The van der Waals surface area contributed by atoms with Gasteiger partial charge in [-0.3, -0.25) is 0 Å². The predicted octanol–water partition coefficient (Wildman–Crippen LogP) is 3.62. The maximum atomic E-state index is 12.5. The number of halogens is 2. The molecule has 0 saturated carbocycles. The largest absolute Gasteiger partial charge is 0.384 e. The average Bonchev–Trinajstić information content (AvgIpc) is 2.38. The highest BCUT2D eigenvalue weighted by atomic mass is 19.3. The number of aryl methyl sites for hydroxylation is 1. The SMILES string of the molecule is CCCc1cc(N)nc(-c2ccc(C(F)F)cc2)n1. The molecule has 2 rings (SSSR count). The maximum absolute atomic E-state index is 12.5. The zero-order chi connectivity index (χ0) is 13.8. The van der Waals surface area contributed by atoms with Crippen LogP contribution in [0.25, 0.3) is 11.4 Å². The molecule has 0 radical (unpaired) electrons. The zero-order valence-electron chi connectivity index (χ0n) is 10.6. The van der Waals surface area contributed by atoms with Crippen LogP contribution in [0.1, 0.15) is 31.0 Å². The Kier molecular flexibility index (Phi) is 4.04. The minimum atomic E-state index is -2.47. The van der Waals surface area contributed by atoms with Crippen LogP contribution in [0.15, 0.2) is 30.3 Å². The van der Waals surface area contributed by atoms with Gasteiger partial charge in [-0.1, -0.05) is 37.6 Å². The minimum Gasteiger partial charge on any atom is -0.384 e. The Morgan fingerprint density at radius 2 is 1.84 bits per heavy atom. The quantitative estimate of drug-likeness (QED) is 0.916. The van der Waals surface area contributed by atoms with Gasteiger partial charge in [-0.15, -0.1) is 0 Å². The molecule has 100 valence electrons. The second kappa shape index (κ2) is 5.73. The van der Waals surface area contributed by atoms with Crippen molar-refractivity contribution in [3.8, 4) is 11.4 Å². The van der Waals surface area contributed by atoms with Crippen LogP contribution in [0.3, 0.4) is 0 Å². The number of anilines is 1. The van der Waals surface area contributed by atoms with Crippen LogP contribution in [-0.2, 0) is 6.42 Å². The molecule has 0 aliphatic carbocycles. The Hall–Kier alpha value is -2.04. The lowest BCUT2D eigenvalue weighted by Crippen LogP contribution is -2.00. The van der Waals surface area contributed by atoms with Crippen LogP contribution in [0.2, 0.25) is 0 Å². The molecule has 5 heteroatoms. The Morgan fingerprint density at radius 3 is 2.42 bits per heavy atom. The number of alkyl halides is 2. The summed E-state index contributed by atoms with van der Waals surface area (Å²) in [6.45, 7) is 2.05. The first-order valence-electron chi connectivity index (χ1n) is 6.12. The van der Waals surface area contributed by atoms with Crippen molar-refractivity contribution in [1.82, 2.24) is 9.97 Å². The first-order valence-corrected chi connectivity index (χ1v) is 6.12. The Balaban J connectivity index is 2.35. The van der Waals surface area contributed by atoms with Gasteiger partial charge in [0.1, 0.15) is 5.82 Å². The summed E-state index contributed by atoms with van der Waals surface area (Å²) in [5.74, 6) is 0.871. The summed E-state index contributed by atoms with van der Waals surface area (Å²) in [6, 6.07) is 7.68. The standard InChI is InChI=1S/C14H15F2N3/c1-2-3-11-8-12(17)19-14(18-11)10-6-4-9(5-7-10)13(15)16/h4-8,13H,2-3H2,1H3,(H2,17,18,19). The molecule has 2 aromatic rings. The molecule has 1 aromatic carbocycles. The van der Waals surface area contributed by atoms with Crippen molar-refractivity contribution in [3.63, 3.8) is 0 Å². The van der Waals surface area contributed by atoms with E-state index in [1.165, 1.54) is 12.1 Å². The number of nitrogens with zero attached hydrogens (tertiary/aromatic N) is 2. The van der Waals surface area contributed by atoms with Crippen molar-refractivity contribution >= 4 is 5.82 Å². The third-order valence-electron chi connectivity index (χ3n) is 2.73. The van der Waals surface area contributed by atoms with Gasteiger partial charge in [-0.2, -0.15) is 0 Å². The van der Waals surface area contributed by atoms with Gasteiger partial charge in [0.15, 0.2) is 5.82 Å². The average molecular weight is 263 g/mol. The number of nitrogens with two attached hydrogens (primary N) is 1. The molecule has 0 unspecified atom stereocenters. The fraction of sp³-hybridized carbons (Fsp3) is 0.286. The fourth-order valence-electron chi connectivity index (χ4n) is 1.81. The third-order valence-corrected chi connectivity index (χ3v) is 2.73. The molecule has 19 heavy (non-hydrogen) atoms. The highest BCUT2D eigenvalue weighted by molar-refractivity contribution is 5.57. The second-order valence-corrected chi connectivity index (χ2v) is 4.28. The number of rotatable bonds is 4. The number of aromatic nitrogens is 2. The first kappa shape index (κ1) is 13.4. The molecule has 1 heterocycles. The van der Waals surface area contributed by atoms with E-state index in [9.17, 15) is 8.78 Å². The first-order chi connectivity index (χ1) is 9.10. The van der Waals surface area contributed by atoms with Gasteiger partial charge >= 0.3 is 0 Å². The Morgan fingerprint density at radius 1 is 1.16 bits per heavy atom. The van der Waals surface area contributed by atoms with E-state index in [0.29, 0.717) is 17.2 Å².